The van der Waals surface area contributed by atoms with Crippen LogP contribution in [0.15, 0.2) is 24.3 Å². The molecule has 0 atom stereocenters. The maximum atomic E-state index is 12.3. The number of nitrogens with one attached hydrogen (secondary N) is 2. The lowest BCUT2D eigenvalue weighted by Gasteiger charge is -2.37. The van der Waals surface area contributed by atoms with E-state index in [-0.39, 0.29) is 5.91 Å². The van der Waals surface area contributed by atoms with Gasteiger partial charge in [-0.1, -0.05) is 39.0 Å². The summed E-state index contributed by atoms with van der Waals surface area (Å²) in [5, 5.41) is 6.36. The lowest BCUT2D eigenvalue weighted by molar-refractivity contribution is -0.118. The zero-order valence-corrected chi connectivity index (χ0v) is 13.4. The van der Waals surface area contributed by atoms with Crippen LogP contribution in [0.1, 0.15) is 38.7 Å². The summed E-state index contributed by atoms with van der Waals surface area (Å²) in [6.45, 7) is 9.90. The summed E-state index contributed by atoms with van der Waals surface area (Å²) in [4.78, 5) is 14.6. The van der Waals surface area contributed by atoms with Crippen LogP contribution in [-0.2, 0) is 4.79 Å². The molecule has 0 unspecified atom stereocenters. The molecule has 4 nitrogen and oxygen atoms in total. The third-order valence-corrected chi connectivity index (χ3v) is 3.99. The van der Waals surface area contributed by atoms with Gasteiger partial charge in [0, 0.05) is 24.8 Å². The van der Waals surface area contributed by atoms with Crippen molar-refractivity contribution < 1.29 is 4.79 Å². The van der Waals surface area contributed by atoms with Gasteiger partial charge >= 0.3 is 0 Å². The molecule has 1 aliphatic rings. The maximum absolute atomic E-state index is 12.3. The van der Waals surface area contributed by atoms with E-state index in [2.05, 4.69) is 42.4 Å². The van der Waals surface area contributed by atoms with Crippen molar-refractivity contribution in [2.24, 2.45) is 0 Å². The van der Waals surface area contributed by atoms with Crippen LogP contribution in [-0.4, -0.2) is 43.0 Å². The van der Waals surface area contributed by atoms with Gasteiger partial charge in [-0.05, 0) is 30.5 Å². The van der Waals surface area contributed by atoms with E-state index >= 15 is 0 Å². The second-order valence-corrected chi connectivity index (χ2v) is 6.07. The van der Waals surface area contributed by atoms with Crippen molar-refractivity contribution in [2.45, 2.75) is 39.2 Å². The van der Waals surface area contributed by atoms with Gasteiger partial charge in [0.05, 0.1) is 6.54 Å². The molecule has 1 aromatic carbocycles. The van der Waals surface area contributed by atoms with E-state index in [1.807, 2.05) is 18.2 Å². The number of rotatable bonds is 7. The Morgan fingerprint density at radius 2 is 2.10 bits per heavy atom. The first-order valence-corrected chi connectivity index (χ1v) is 7.95. The van der Waals surface area contributed by atoms with Crippen molar-refractivity contribution in [1.29, 1.82) is 0 Å². The predicted molar refractivity (Wildman–Crippen MR) is 87.7 cm³/mol. The first-order valence-electron chi connectivity index (χ1n) is 7.95. The highest BCUT2D eigenvalue weighted by atomic mass is 16.2. The molecule has 2 N–H and O–H groups in total. The molecule has 4 heteroatoms. The van der Waals surface area contributed by atoms with E-state index in [0.29, 0.717) is 18.5 Å². The lowest BCUT2D eigenvalue weighted by Crippen LogP contribution is -2.58. The van der Waals surface area contributed by atoms with Gasteiger partial charge in [-0.15, -0.1) is 0 Å². The molecular weight excluding hydrogens is 262 g/mol. The molecule has 0 aromatic heterocycles. The zero-order valence-electron chi connectivity index (χ0n) is 13.4. The van der Waals surface area contributed by atoms with Gasteiger partial charge in [0.15, 0.2) is 0 Å². The average molecular weight is 289 g/mol. The number of hydrogen-bond donors (Lipinski definition) is 2. The minimum Gasteiger partial charge on any atom is -0.325 e. The van der Waals surface area contributed by atoms with Gasteiger partial charge in [-0.2, -0.15) is 0 Å². The van der Waals surface area contributed by atoms with Gasteiger partial charge in [-0.25, -0.2) is 0 Å². The van der Waals surface area contributed by atoms with Crippen LogP contribution in [0.5, 0.6) is 0 Å². The second kappa shape index (κ2) is 7.57. The van der Waals surface area contributed by atoms with Crippen LogP contribution in [0, 0.1) is 0 Å². The molecule has 1 heterocycles. The van der Waals surface area contributed by atoms with Crippen LogP contribution in [0.4, 0.5) is 5.69 Å². The van der Waals surface area contributed by atoms with E-state index in [1.54, 1.807) is 0 Å². The Bertz CT molecular complexity index is 469. The summed E-state index contributed by atoms with van der Waals surface area (Å²) in [6.07, 6.45) is 1.08. The van der Waals surface area contributed by atoms with Crippen molar-refractivity contribution in [3.05, 3.63) is 29.8 Å². The van der Waals surface area contributed by atoms with E-state index < -0.39 is 0 Å². The smallest absolute Gasteiger partial charge is 0.238 e. The highest BCUT2D eigenvalue weighted by molar-refractivity contribution is 5.93. The lowest BCUT2D eigenvalue weighted by atomic mass is 10.0. The maximum Gasteiger partial charge on any atom is 0.238 e. The van der Waals surface area contributed by atoms with E-state index in [9.17, 15) is 4.79 Å². The monoisotopic (exact) mass is 289 g/mol. The summed E-state index contributed by atoms with van der Waals surface area (Å²) >= 11 is 0. The van der Waals surface area contributed by atoms with Gasteiger partial charge < -0.3 is 10.6 Å². The predicted octanol–water partition coefficient (Wildman–Crippen LogP) is 2.43. The first-order chi connectivity index (χ1) is 10.1. The Kier molecular flexibility index (Phi) is 5.76. The van der Waals surface area contributed by atoms with Crippen molar-refractivity contribution in [1.82, 2.24) is 10.2 Å². The summed E-state index contributed by atoms with van der Waals surface area (Å²) in [5.74, 6) is 0.493. The highest BCUT2D eigenvalue weighted by Crippen LogP contribution is 2.23. The highest BCUT2D eigenvalue weighted by Gasteiger charge is 2.25. The Hall–Kier alpha value is -1.39. The summed E-state index contributed by atoms with van der Waals surface area (Å²) < 4.78 is 0. The molecule has 1 saturated heterocycles. The van der Waals surface area contributed by atoms with Crippen LogP contribution in [0.2, 0.25) is 0 Å². The van der Waals surface area contributed by atoms with Crippen LogP contribution in [0.25, 0.3) is 0 Å². The Balaban J connectivity index is 1.97. The number of anilines is 1. The molecule has 0 bridgehead atoms. The van der Waals surface area contributed by atoms with Crippen molar-refractivity contribution in [3.8, 4) is 0 Å². The zero-order chi connectivity index (χ0) is 15.2. The topological polar surface area (TPSA) is 44.4 Å². The quantitative estimate of drug-likeness (QED) is 0.810. The fraction of sp³-hybridized carbons (Fsp3) is 0.588. The van der Waals surface area contributed by atoms with Crippen LogP contribution in [0.3, 0.4) is 0 Å². The average Bonchev–Trinajstić information content (AvgIpc) is 2.37. The molecule has 21 heavy (non-hydrogen) atoms. The van der Waals surface area contributed by atoms with Crippen molar-refractivity contribution in [3.63, 3.8) is 0 Å². The molecule has 0 saturated carbocycles. The molecule has 0 radical (unpaired) electrons. The molecule has 1 aromatic rings. The number of benzene rings is 1. The molecule has 0 spiro atoms. The number of amides is 1. The molecule has 116 valence electrons. The Morgan fingerprint density at radius 1 is 1.38 bits per heavy atom. The standard InChI is InChI=1S/C17H27N3O/c1-4-9-20(14-10-18-11-14)12-17(21)19-16-8-6-5-7-15(16)13(2)3/h5-8,13-14,18H,4,9-12H2,1-3H3,(H,19,21). The number of para-hydroxylation sites is 1. The SMILES string of the molecule is CCCN(CC(=O)Nc1ccccc1C(C)C)C1CNC1. The van der Waals surface area contributed by atoms with Gasteiger partial charge in [-0.3, -0.25) is 9.69 Å². The van der Waals surface area contributed by atoms with Gasteiger partial charge in [0.25, 0.3) is 0 Å². The molecular formula is C17H27N3O. The minimum absolute atomic E-state index is 0.0865. The fourth-order valence-electron chi connectivity index (χ4n) is 2.70. The number of nitrogens with zero attached hydrogens (tertiary/aromatic N) is 1. The van der Waals surface area contributed by atoms with Crippen molar-refractivity contribution in [2.75, 3.05) is 31.5 Å². The van der Waals surface area contributed by atoms with E-state index in [1.165, 1.54) is 5.56 Å². The Labute approximate surface area is 127 Å². The van der Waals surface area contributed by atoms with E-state index in [4.69, 9.17) is 0 Å². The minimum atomic E-state index is 0.0865. The number of carbonyl (C=O) groups is 1. The summed E-state index contributed by atoms with van der Waals surface area (Å²) in [7, 11) is 0. The number of hydrogen-bond acceptors (Lipinski definition) is 3. The molecule has 0 aliphatic carbocycles. The first kappa shape index (κ1) is 16.0. The molecule has 2 rings (SSSR count). The third-order valence-electron chi connectivity index (χ3n) is 3.99. The van der Waals surface area contributed by atoms with Gasteiger partial charge in [0.1, 0.15) is 0 Å². The van der Waals surface area contributed by atoms with Crippen LogP contribution < -0.4 is 10.6 Å². The number of carbonyl (C=O) groups excluding carboxylic acids is 1. The normalized spacial score (nSPS) is 15.3. The van der Waals surface area contributed by atoms with Crippen LogP contribution >= 0.6 is 0 Å². The summed E-state index contributed by atoms with van der Waals surface area (Å²) in [5.41, 5.74) is 2.14. The summed E-state index contributed by atoms with van der Waals surface area (Å²) in [6, 6.07) is 8.58. The fourth-order valence-corrected chi connectivity index (χ4v) is 2.70. The molecule has 1 fully saturated rings. The van der Waals surface area contributed by atoms with Gasteiger partial charge in [0.2, 0.25) is 5.91 Å². The third kappa shape index (κ3) is 4.29. The molecule has 1 amide bonds. The van der Waals surface area contributed by atoms with E-state index in [0.717, 1.165) is 31.7 Å². The van der Waals surface area contributed by atoms with Crippen molar-refractivity contribution >= 4 is 11.6 Å². The second-order valence-electron chi connectivity index (χ2n) is 6.07. The Morgan fingerprint density at radius 3 is 2.67 bits per heavy atom. The largest absolute Gasteiger partial charge is 0.325 e. The molecule has 1 aliphatic heterocycles.